The van der Waals surface area contributed by atoms with Crippen LogP contribution < -0.4 is 5.32 Å². The third-order valence-corrected chi connectivity index (χ3v) is 14.7. The summed E-state index contributed by atoms with van der Waals surface area (Å²) >= 11 is 2.21. The summed E-state index contributed by atoms with van der Waals surface area (Å²) in [6.45, 7) is 10.2. The lowest BCUT2D eigenvalue weighted by Gasteiger charge is -2.61. The number of amides is 1. The lowest BCUT2D eigenvalue weighted by Crippen LogP contribution is -2.75. The van der Waals surface area contributed by atoms with E-state index in [-0.39, 0.29) is 29.2 Å². The Balaban J connectivity index is 1.22. The Morgan fingerprint density at radius 1 is 1.10 bits per heavy atom. The fourth-order valence-electron chi connectivity index (χ4n) is 10.4. The van der Waals surface area contributed by atoms with Crippen LogP contribution >= 0.6 is 11.8 Å². The van der Waals surface area contributed by atoms with Crippen molar-refractivity contribution in [3.63, 3.8) is 0 Å². The summed E-state index contributed by atoms with van der Waals surface area (Å²) in [6, 6.07) is 10.5. The molecule has 8 nitrogen and oxygen atoms in total. The van der Waals surface area contributed by atoms with E-state index in [9.17, 15) is 10.1 Å². The minimum atomic E-state index is -0.134. The first-order valence-corrected chi connectivity index (χ1v) is 20.5. The molecule has 1 N–H and O–H groups in total. The lowest BCUT2D eigenvalue weighted by atomic mass is 9.71. The van der Waals surface area contributed by atoms with Crippen LogP contribution in [0.25, 0.3) is 0 Å². The van der Waals surface area contributed by atoms with E-state index in [1.54, 1.807) is 11.1 Å². The molecular formula is C40H60N6O2S. The van der Waals surface area contributed by atoms with E-state index in [1.165, 1.54) is 82.3 Å². The Hall–Kier alpha value is -1.93. The van der Waals surface area contributed by atoms with Crippen molar-refractivity contribution in [3.8, 4) is 6.07 Å². The molecule has 1 spiro atoms. The second-order valence-electron chi connectivity index (χ2n) is 16.1. The lowest BCUT2D eigenvalue weighted by molar-refractivity contribution is -0.214. The number of thioether (sulfide) groups is 1. The molecule has 9 heteroatoms. The molecule has 1 aromatic rings. The van der Waals surface area contributed by atoms with Crippen molar-refractivity contribution in [2.45, 2.75) is 144 Å². The molecule has 6 unspecified atom stereocenters. The summed E-state index contributed by atoms with van der Waals surface area (Å²) in [5.74, 6) is 1.53. The van der Waals surface area contributed by atoms with E-state index in [2.05, 4.69) is 76.6 Å². The van der Waals surface area contributed by atoms with Crippen molar-refractivity contribution >= 4 is 17.7 Å². The van der Waals surface area contributed by atoms with Crippen LogP contribution in [0.1, 0.15) is 100 Å². The number of likely N-dealkylation sites (N-methyl/N-ethyl adjacent to an activating group) is 1. The predicted octanol–water partition coefficient (Wildman–Crippen LogP) is 6.04. The molecule has 2 aliphatic carbocycles. The standard InChI is InChI=1S/C40H60N6O2S/c1-4-37(47)45-23-22-44(26-32(45)18-20-41)38-34-17-19-40(24-30-13-10-12-29(2)35(30)28-49-40)25-36(34)42-39(48-27-33-16-11-21-43(33)3)46(38)31-14-8-6-5-7-9-15-31/h4,10,12-13,31-34,36,38-39,42H,1,5-9,11,14-19,21-28H2,2-3H3/t32?,33?,34?,36?,38?,39?,40-/m0/s1. The molecule has 49 heavy (non-hydrogen) atoms. The summed E-state index contributed by atoms with van der Waals surface area (Å²) in [4.78, 5) is 22.8. The van der Waals surface area contributed by atoms with Gasteiger partial charge in [0.1, 0.15) is 0 Å². The Bertz CT molecular complexity index is 1360. The number of fused-ring (bicyclic) bond motifs is 2. The maximum Gasteiger partial charge on any atom is 0.246 e. The van der Waals surface area contributed by atoms with E-state index < -0.39 is 0 Å². The van der Waals surface area contributed by atoms with Gasteiger partial charge in [0.25, 0.3) is 0 Å². The minimum absolute atomic E-state index is 0.0497. The molecule has 7 rings (SSSR count). The smallest absolute Gasteiger partial charge is 0.246 e. The van der Waals surface area contributed by atoms with Crippen LogP contribution in [0.15, 0.2) is 30.9 Å². The number of nitrogens with zero attached hydrogens (tertiary/aromatic N) is 5. The number of likely N-dealkylation sites (tertiary alicyclic amines) is 1. The average Bonchev–Trinajstić information content (AvgIpc) is 3.50. The van der Waals surface area contributed by atoms with Crippen LogP contribution in [0, 0.1) is 24.2 Å². The molecule has 0 radical (unpaired) electrons. The number of hydrogen-bond acceptors (Lipinski definition) is 8. The van der Waals surface area contributed by atoms with Gasteiger partial charge in [-0.25, -0.2) is 4.90 Å². The maximum absolute atomic E-state index is 12.9. The van der Waals surface area contributed by atoms with E-state index in [0.717, 1.165) is 44.8 Å². The van der Waals surface area contributed by atoms with E-state index >= 15 is 0 Å². The molecule has 2 saturated carbocycles. The van der Waals surface area contributed by atoms with Gasteiger partial charge < -0.3 is 14.5 Å². The van der Waals surface area contributed by atoms with Crippen molar-refractivity contribution in [3.05, 3.63) is 47.5 Å². The van der Waals surface area contributed by atoms with E-state index in [4.69, 9.17) is 4.74 Å². The highest BCUT2D eigenvalue weighted by molar-refractivity contribution is 8.00. The van der Waals surface area contributed by atoms with Gasteiger partial charge in [-0.3, -0.25) is 15.0 Å². The number of nitriles is 1. The van der Waals surface area contributed by atoms with E-state index in [1.807, 2.05) is 4.90 Å². The molecule has 1 aromatic carbocycles. The average molecular weight is 689 g/mol. The van der Waals surface area contributed by atoms with Crippen molar-refractivity contribution in [1.29, 1.82) is 5.26 Å². The number of carbonyl (C=O) groups is 1. The largest absolute Gasteiger partial charge is 0.348 e. The summed E-state index contributed by atoms with van der Waals surface area (Å²) in [7, 11) is 2.25. The topological polar surface area (TPSA) is 75.1 Å². The third-order valence-electron chi connectivity index (χ3n) is 13.2. The number of hydrogen-bond donors (Lipinski definition) is 1. The Morgan fingerprint density at radius 3 is 2.67 bits per heavy atom. The number of benzene rings is 1. The van der Waals surface area contributed by atoms with Crippen molar-refractivity contribution in [2.24, 2.45) is 5.92 Å². The number of piperazine rings is 1. The number of carbonyl (C=O) groups excluding carboxylic acids is 1. The molecule has 5 fully saturated rings. The second kappa shape index (κ2) is 15.8. The van der Waals surface area contributed by atoms with Gasteiger partial charge in [-0.15, -0.1) is 11.8 Å². The van der Waals surface area contributed by atoms with Crippen LogP contribution in [0.2, 0.25) is 0 Å². The zero-order chi connectivity index (χ0) is 34.0. The molecule has 4 aliphatic heterocycles. The zero-order valence-electron chi connectivity index (χ0n) is 30.2. The van der Waals surface area contributed by atoms with E-state index in [0.29, 0.717) is 37.0 Å². The summed E-state index contributed by atoms with van der Waals surface area (Å²) in [6.07, 6.45) is 18.0. The number of aryl methyl sites for hydroxylation is 1. The molecule has 1 amide bonds. The number of nitrogens with one attached hydrogen (secondary N) is 1. The molecule has 0 bridgehead atoms. The highest BCUT2D eigenvalue weighted by atomic mass is 32.2. The first kappa shape index (κ1) is 35.5. The molecule has 0 aromatic heterocycles. The first-order valence-electron chi connectivity index (χ1n) is 19.5. The van der Waals surface area contributed by atoms with Gasteiger partial charge in [0.15, 0.2) is 6.35 Å². The van der Waals surface area contributed by atoms with Gasteiger partial charge in [-0.1, -0.05) is 56.9 Å². The molecular weight excluding hydrogens is 629 g/mol. The minimum Gasteiger partial charge on any atom is -0.348 e. The monoisotopic (exact) mass is 688 g/mol. The Labute approximate surface area is 299 Å². The highest BCUT2D eigenvalue weighted by Gasteiger charge is 2.54. The third kappa shape index (κ3) is 7.52. The normalized spacial score (nSPS) is 35.2. The molecule has 6 aliphatic rings. The van der Waals surface area contributed by atoms with Crippen LogP contribution in [-0.4, -0.2) is 107 Å². The summed E-state index contributed by atoms with van der Waals surface area (Å²) in [5.41, 5.74) is 4.55. The Morgan fingerprint density at radius 2 is 1.92 bits per heavy atom. The van der Waals surface area contributed by atoms with Crippen molar-refractivity contribution < 1.29 is 9.53 Å². The summed E-state index contributed by atoms with van der Waals surface area (Å²) in [5, 5.41) is 14.1. The van der Waals surface area contributed by atoms with Gasteiger partial charge >= 0.3 is 0 Å². The Kier molecular flexibility index (Phi) is 11.4. The SMILES string of the molecule is C=CC(=O)N1CCN(C2C3CC[C@]4(Cc5cccc(C)c5CS4)CC3NC(OCC3CCCN3C)N2C2CCCCCCC2)CC1CC#N. The quantitative estimate of drug-likeness (QED) is 0.348. The number of rotatable bonds is 7. The van der Waals surface area contributed by atoms with Crippen LogP contribution in [0.3, 0.4) is 0 Å². The van der Waals surface area contributed by atoms with Crippen LogP contribution in [0.4, 0.5) is 0 Å². The van der Waals surface area contributed by atoms with Gasteiger partial charge in [0.2, 0.25) is 5.91 Å². The van der Waals surface area contributed by atoms with Gasteiger partial charge in [-0.05, 0) is 94.6 Å². The van der Waals surface area contributed by atoms with Crippen molar-refractivity contribution in [2.75, 3.05) is 39.8 Å². The van der Waals surface area contributed by atoms with Gasteiger partial charge in [0, 0.05) is 54.2 Å². The summed E-state index contributed by atoms with van der Waals surface area (Å²) < 4.78 is 7.40. The van der Waals surface area contributed by atoms with Crippen LogP contribution in [-0.2, 0) is 21.7 Å². The molecule has 4 heterocycles. The molecule has 268 valence electrons. The molecule has 3 saturated heterocycles. The zero-order valence-corrected chi connectivity index (χ0v) is 31.0. The second-order valence-corrected chi connectivity index (χ2v) is 17.6. The molecule has 7 atom stereocenters. The van der Waals surface area contributed by atoms with Crippen LogP contribution in [0.5, 0.6) is 0 Å². The van der Waals surface area contributed by atoms with Gasteiger partial charge in [0.05, 0.1) is 31.3 Å². The fourth-order valence-corrected chi connectivity index (χ4v) is 12.1. The van der Waals surface area contributed by atoms with Crippen molar-refractivity contribution in [1.82, 2.24) is 24.9 Å². The predicted molar refractivity (Wildman–Crippen MR) is 198 cm³/mol. The fraction of sp³-hybridized carbons (Fsp3) is 0.750. The van der Waals surface area contributed by atoms with Gasteiger partial charge in [-0.2, -0.15) is 5.26 Å². The first-order chi connectivity index (χ1) is 23.9. The number of ether oxygens (including phenoxy) is 1. The highest BCUT2D eigenvalue weighted by Crippen LogP contribution is 2.52. The maximum atomic E-state index is 12.9.